The fraction of sp³-hybridized carbons (Fsp3) is 0.211. The van der Waals surface area contributed by atoms with Crippen LogP contribution in [0, 0.1) is 13.8 Å². The van der Waals surface area contributed by atoms with Gasteiger partial charge in [-0.05, 0) is 43.2 Å². The second-order valence-corrected chi connectivity index (χ2v) is 6.03. The highest BCUT2D eigenvalue weighted by molar-refractivity contribution is 5.78. The molecule has 6 heteroatoms. The van der Waals surface area contributed by atoms with E-state index in [0.717, 1.165) is 22.5 Å². The maximum absolute atomic E-state index is 12.2. The minimum Gasteiger partial charge on any atom is -0.352 e. The summed E-state index contributed by atoms with van der Waals surface area (Å²) in [6.07, 6.45) is 3.73. The number of carbonyl (C=O) groups excluding carboxylic acids is 1. The van der Waals surface area contributed by atoms with Crippen molar-refractivity contribution < 1.29 is 4.79 Å². The average molecular weight is 336 g/mol. The van der Waals surface area contributed by atoms with E-state index in [-0.39, 0.29) is 24.4 Å². The van der Waals surface area contributed by atoms with Crippen LogP contribution in [0.15, 0.2) is 53.6 Å². The molecule has 0 bridgehead atoms. The fourth-order valence-corrected chi connectivity index (χ4v) is 2.71. The lowest BCUT2D eigenvalue weighted by Crippen LogP contribution is -2.28. The molecule has 0 radical (unpaired) electrons. The van der Waals surface area contributed by atoms with Crippen molar-refractivity contribution in [1.29, 1.82) is 0 Å². The van der Waals surface area contributed by atoms with Gasteiger partial charge in [-0.25, -0.2) is 4.68 Å². The van der Waals surface area contributed by atoms with Crippen LogP contribution in [0.1, 0.15) is 22.4 Å². The van der Waals surface area contributed by atoms with Crippen LogP contribution in [0.25, 0.3) is 5.69 Å². The zero-order valence-corrected chi connectivity index (χ0v) is 14.2. The summed E-state index contributed by atoms with van der Waals surface area (Å²) in [6, 6.07) is 11.6. The van der Waals surface area contributed by atoms with Crippen molar-refractivity contribution in [2.45, 2.75) is 26.8 Å². The van der Waals surface area contributed by atoms with E-state index in [1.165, 1.54) is 0 Å². The molecule has 3 rings (SSSR count). The van der Waals surface area contributed by atoms with Gasteiger partial charge in [0, 0.05) is 24.0 Å². The number of carbonyl (C=O) groups is 1. The summed E-state index contributed by atoms with van der Waals surface area (Å²) in [6.45, 7) is 3.92. The van der Waals surface area contributed by atoms with Gasteiger partial charge in [0.1, 0.15) is 0 Å². The van der Waals surface area contributed by atoms with Gasteiger partial charge in [0.25, 0.3) is 5.56 Å². The van der Waals surface area contributed by atoms with Gasteiger partial charge in [0.15, 0.2) is 0 Å². The highest BCUT2D eigenvalue weighted by Crippen LogP contribution is 2.08. The van der Waals surface area contributed by atoms with E-state index in [2.05, 4.69) is 15.4 Å². The average Bonchev–Trinajstić information content (AvgIpc) is 3.03. The number of aromatic nitrogens is 3. The lowest BCUT2D eigenvalue weighted by Gasteiger charge is -2.07. The maximum atomic E-state index is 12.2. The molecule has 2 N–H and O–H groups in total. The normalized spacial score (nSPS) is 10.6. The van der Waals surface area contributed by atoms with Gasteiger partial charge >= 0.3 is 0 Å². The molecule has 1 aromatic carbocycles. The Hall–Kier alpha value is -3.15. The molecule has 0 aliphatic carbocycles. The summed E-state index contributed by atoms with van der Waals surface area (Å²) in [5, 5.41) is 7.08. The minimum atomic E-state index is -0.158. The first kappa shape index (κ1) is 16.7. The third kappa shape index (κ3) is 4.03. The number of nitrogens with zero attached hydrogens (tertiary/aromatic N) is 2. The fourth-order valence-electron chi connectivity index (χ4n) is 2.71. The molecule has 1 amide bonds. The van der Waals surface area contributed by atoms with Crippen molar-refractivity contribution in [3.63, 3.8) is 0 Å². The van der Waals surface area contributed by atoms with Gasteiger partial charge in [-0.3, -0.25) is 9.59 Å². The van der Waals surface area contributed by atoms with Crippen LogP contribution in [0.5, 0.6) is 0 Å². The van der Waals surface area contributed by atoms with E-state index in [1.54, 1.807) is 10.9 Å². The molecule has 0 atom stereocenters. The molecule has 3 aromatic rings. The number of amides is 1. The number of hydrogen-bond acceptors (Lipinski definition) is 3. The molecule has 2 heterocycles. The number of nitrogens with one attached hydrogen (secondary N) is 2. The molecule has 128 valence electrons. The zero-order chi connectivity index (χ0) is 17.8. The summed E-state index contributed by atoms with van der Waals surface area (Å²) in [5.74, 6) is -0.146. The Bertz CT molecular complexity index is 942. The Labute approximate surface area is 145 Å². The first-order chi connectivity index (χ1) is 12.0. The largest absolute Gasteiger partial charge is 0.352 e. The standard InChI is InChI=1S/C19H20N4O2/c1-13-8-14(2)22-19(25)17(13)11-20-18(24)9-15-10-21-23(12-15)16-6-4-3-5-7-16/h3-8,10,12H,9,11H2,1-2H3,(H,20,24)(H,22,25). The van der Waals surface area contributed by atoms with Crippen LogP contribution in [0.3, 0.4) is 0 Å². The van der Waals surface area contributed by atoms with E-state index >= 15 is 0 Å². The number of benzene rings is 1. The Balaban J connectivity index is 1.62. The lowest BCUT2D eigenvalue weighted by molar-refractivity contribution is -0.120. The number of hydrogen-bond donors (Lipinski definition) is 2. The highest BCUT2D eigenvalue weighted by Gasteiger charge is 2.10. The van der Waals surface area contributed by atoms with Gasteiger partial charge in [-0.2, -0.15) is 5.10 Å². The van der Waals surface area contributed by atoms with Gasteiger partial charge in [0.2, 0.25) is 5.91 Å². The third-order valence-corrected chi connectivity index (χ3v) is 3.98. The number of pyridine rings is 1. The smallest absolute Gasteiger partial charge is 0.253 e. The van der Waals surface area contributed by atoms with Gasteiger partial charge < -0.3 is 10.3 Å². The van der Waals surface area contributed by atoms with Gasteiger partial charge in [0.05, 0.1) is 18.3 Å². The van der Waals surface area contributed by atoms with Crippen LogP contribution in [0.2, 0.25) is 0 Å². The number of aromatic amines is 1. The summed E-state index contributed by atoms with van der Waals surface area (Å²) >= 11 is 0. The van der Waals surface area contributed by atoms with Crippen molar-refractivity contribution in [2.24, 2.45) is 0 Å². The number of aryl methyl sites for hydroxylation is 2. The van der Waals surface area contributed by atoms with Crippen molar-refractivity contribution in [3.05, 3.63) is 81.5 Å². The Morgan fingerprint density at radius 3 is 2.72 bits per heavy atom. The van der Waals surface area contributed by atoms with E-state index in [0.29, 0.717) is 5.56 Å². The second kappa shape index (κ2) is 7.17. The Kier molecular flexibility index (Phi) is 4.79. The first-order valence-electron chi connectivity index (χ1n) is 8.08. The summed E-state index contributed by atoms with van der Waals surface area (Å²) < 4.78 is 1.73. The molecule has 0 fully saturated rings. The summed E-state index contributed by atoms with van der Waals surface area (Å²) in [4.78, 5) is 26.9. The van der Waals surface area contributed by atoms with Crippen molar-refractivity contribution in [1.82, 2.24) is 20.1 Å². The van der Waals surface area contributed by atoms with Crippen LogP contribution < -0.4 is 10.9 Å². The van der Waals surface area contributed by atoms with Crippen LogP contribution >= 0.6 is 0 Å². The topological polar surface area (TPSA) is 79.8 Å². The SMILES string of the molecule is Cc1cc(C)c(CNC(=O)Cc2cnn(-c3ccccc3)c2)c(=O)[nH]1. The van der Waals surface area contributed by atoms with Crippen LogP contribution in [-0.4, -0.2) is 20.7 Å². The number of para-hydroxylation sites is 1. The minimum absolute atomic E-state index is 0.146. The quantitative estimate of drug-likeness (QED) is 0.748. The van der Waals surface area contributed by atoms with Crippen LogP contribution in [0.4, 0.5) is 0 Å². The van der Waals surface area contributed by atoms with E-state index < -0.39 is 0 Å². The molecule has 0 aliphatic heterocycles. The highest BCUT2D eigenvalue weighted by atomic mass is 16.1. The first-order valence-corrected chi connectivity index (χ1v) is 8.08. The Morgan fingerprint density at radius 2 is 2.00 bits per heavy atom. The third-order valence-electron chi connectivity index (χ3n) is 3.98. The predicted molar refractivity (Wildman–Crippen MR) is 95.7 cm³/mol. The number of rotatable bonds is 5. The van der Waals surface area contributed by atoms with Crippen molar-refractivity contribution in [2.75, 3.05) is 0 Å². The van der Waals surface area contributed by atoms with Gasteiger partial charge in [-0.1, -0.05) is 18.2 Å². The molecule has 0 aliphatic rings. The molecule has 6 nitrogen and oxygen atoms in total. The molecule has 2 aromatic heterocycles. The predicted octanol–water partition coefficient (Wildman–Crippen LogP) is 2.04. The molecule has 0 saturated carbocycles. The van der Waals surface area contributed by atoms with Crippen molar-refractivity contribution in [3.8, 4) is 5.69 Å². The van der Waals surface area contributed by atoms with Crippen molar-refractivity contribution >= 4 is 5.91 Å². The molecule has 0 spiro atoms. The molecule has 0 unspecified atom stereocenters. The van der Waals surface area contributed by atoms with Crippen LogP contribution in [-0.2, 0) is 17.8 Å². The monoisotopic (exact) mass is 336 g/mol. The Morgan fingerprint density at radius 1 is 1.24 bits per heavy atom. The zero-order valence-electron chi connectivity index (χ0n) is 14.2. The second-order valence-electron chi connectivity index (χ2n) is 6.03. The molecular formula is C19H20N4O2. The number of H-pyrrole nitrogens is 1. The summed E-state index contributed by atoms with van der Waals surface area (Å²) in [7, 11) is 0. The molecule has 25 heavy (non-hydrogen) atoms. The van der Waals surface area contributed by atoms with Gasteiger partial charge in [-0.15, -0.1) is 0 Å². The lowest BCUT2D eigenvalue weighted by atomic mass is 10.1. The maximum Gasteiger partial charge on any atom is 0.253 e. The summed E-state index contributed by atoms with van der Waals surface area (Å²) in [5.41, 5.74) is 3.87. The molecule has 0 saturated heterocycles. The van der Waals surface area contributed by atoms with E-state index in [4.69, 9.17) is 0 Å². The van der Waals surface area contributed by atoms with E-state index in [1.807, 2.05) is 56.4 Å². The molecular weight excluding hydrogens is 316 g/mol. The van der Waals surface area contributed by atoms with E-state index in [9.17, 15) is 9.59 Å².